The van der Waals surface area contributed by atoms with Crippen molar-refractivity contribution in [3.63, 3.8) is 0 Å². The number of hydrogen-bond donors (Lipinski definition) is 2. The zero-order chi connectivity index (χ0) is 22.9. The first-order chi connectivity index (χ1) is 15.5. The van der Waals surface area contributed by atoms with Gasteiger partial charge < -0.3 is 20.1 Å². The van der Waals surface area contributed by atoms with Gasteiger partial charge in [-0.25, -0.2) is 0 Å². The molecule has 174 valence electrons. The van der Waals surface area contributed by atoms with Crippen molar-refractivity contribution >= 4 is 17.8 Å². The van der Waals surface area contributed by atoms with Crippen LogP contribution in [-0.4, -0.2) is 59.6 Å². The molecular weight excluding hydrogens is 408 g/mol. The predicted molar refractivity (Wildman–Crippen MR) is 121 cm³/mol. The molecule has 1 aromatic carbocycles. The second kappa shape index (κ2) is 11.8. The Morgan fingerprint density at radius 3 is 2.59 bits per heavy atom. The smallest absolute Gasteiger partial charge is 0.309 e. The molecule has 32 heavy (non-hydrogen) atoms. The summed E-state index contributed by atoms with van der Waals surface area (Å²) in [6.07, 6.45) is 6.65. The van der Waals surface area contributed by atoms with E-state index in [4.69, 9.17) is 4.74 Å². The third-order valence-electron chi connectivity index (χ3n) is 6.25. The highest BCUT2D eigenvalue weighted by Crippen LogP contribution is 2.22. The molecule has 2 aliphatic rings. The molecule has 3 rings (SSSR count). The van der Waals surface area contributed by atoms with Crippen LogP contribution < -0.4 is 5.32 Å². The molecule has 1 saturated heterocycles. The average Bonchev–Trinajstić information content (AvgIpc) is 3.27. The second-order valence-corrected chi connectivity index (χ2v) is 8.79. The molecule has 2 N–H and O–H groups in total. The van der Waals surface area contributed by atoms with Crippen LogP contribution in [0.3, 0.4) is 0 Å². The number of carbonyl (C=O) groups is 3. The summed E-state index contributed by atoms with van der Waals surface area (Å²) in [5.74, 6) is -1.37. The molecule has 0 bridgehead atoms. The molecule has 2 amide bonds. The molecule has 2 heterocycles. The van der Waals surface area contributed by atoms with Gasteiger partial charge in [0.05, 0.1) is 31.0 Å². The van der Waals surface area contributed by atoms with Gasteiger partial charge in [0.25, 0.3) is 0 Å². The number of ether oxygens (including phenoxy) is 1. The normalized spacial score (nSPS) is 27.2. The van der Waals surface area contributed by atoms with Gasteiger partial charge in [0.15, 0.2) is 0 Å². The van der Waals surface area contributed by atoms with Crippen molar-refractivity contribution in [1.29, 1.82) is 0 Å². The number of nitrogens with one attached hydrogen (secondary N) is 1. The molecule has 4 atom stereocenters. The van der Waals surface area contributed by atoms with Crippen LogP contribution in [0.2, 0.25) is 0 Å². The molecular formula is C25H34N2O5. The number of likely N-dealkylation sites (tertiary alicyclic amines) is 1. The Morgan fingerprint density at radius 2 is 1.88 bits per heavy atom. The van der Waals surface area contributed by atoms with Crippen molar-refractivity contribution in [2.75, 3.05) is 19.7 Å². The second-order valence-electron chi connectivity index (χ2n) is 8.79. The third kappa shape index (κ3) is 6.66. The fourth-order valence-electron chi connectivity index (χ4n) is 4.37. The number of esters is 1. The molecule has 0 aromatic heterocycles. The Balaban J connectivity index is 1.68. The largest absolute Gasteiger partial charge is 0.461 e. The Bertz CT molecular complexity index is 810. The molecule has 0 unspecified atom stereocenters. The number of rotatable bonds is 5. The van der Waals surface area contributed by atoms with Gasteiger partial charge in [-0.05, 0) is 44.6 Å². The van der Waals surface area contributed by atoms with Gasteiger partial charge in [-0.15, -0.1) is 0 Å². The van der Waals surface area contributed by atoms with E-state index in [9.17, 15) is 19.5 Å². The van der Waals surface area contributed by atoms with Crippen molar-refractivity contribution in [1.82, 2.24) is 10.2 Å². The minimum Gasteiger partial charge on any atom is -0.461 e. The number of allylic oxidation sites excluding steroid dienone is 2. The number of amides is 2. The summed E-state index contributed by atoms with van der Waals surface area (Å²) in [5, 5.41) is 12.3. The van der Waals surface area contributed by atoms with E-state index in [0.717, 1.165) is 18.4 Å². The van der Waals surface area contributed by atoms with Gasteiger partial charge in [-0.2, -0.15) is 0 Å². The lowest BCUT2D eigenvalue weighted by Gasteiger charge is -2.26. The zero-order valence-corrected chi connectivity index (χ0v) is 18.7. The Labute approximate surface area is 189 Å². The highest BCUT2D eigenvalue weighted by Gasteiger charge is 2.31. The number of benzene rings is 1. The molecule has 0 saturated carbocycles. The van der Waals surface area contributed by atoms with E-state index in [2.05, 4.69) is 5.32 Å². The summed E-state index contributed by atoms with van der Waals surface area (Å²) < 4.78 is 5.59. The molecule has 7 nitrogen and oxygen atoms in total. The number of hydrogen-bond acceptors (Lipinski definition) is 5. The van der Waals surface area contributed by atoms with E-state index in [1.807, 2.05) is 42.5 Å². The van der Waals surface area contributed by atoms with Crippen molar-refractivity contribution in [2.24, 2.45) is 11.8 Å². The van der Waals surface area contributed by atoms with Crippen LogP contribution in [0.25, 0.3) is 0 Å². The van der Waals surface area contributed by atoms with Crippen LogP contribution in [0, 0.1) is 11.8 Å². The van der Waals surface area contributed by atoms with Gasteiger partial charge in [0.1, 0.15) is 6.10 Å². The van der Waals surface area contributed by atoms with Crippen LogP contribution in [-0.2, 0) is 25.5 Å². The quantitative estimate of drug-likeness (QED) is 0.539. The monoisotopic (exact) mass is 442 g/mol. The van der Waals surface area contributed by atoms with Crippen molar-refractivity contribution in [2.45, 2.75) is 57.6 Å². The van der Waals surface area contributed by atoms with Crippen LogP contribution in [0.4, 0.5) is 0 Å². The van der Waals surface area contributed by atoms with E-state index >= 15 is 0 Å². The van der Waals surface area contributed by atoms with E-state index in [-0.39, 0.29) is 49.3 Å². The summed E-state index contributed by atoms with van der Waals surface area (Å²) in [7, 11) is 0. The predicted octanol–water partition coefficient (Wildman–Crippen LogP) is 2.23. The lowest BCUT2D eigenvalue weighted by molar-refractivity contribution is -0.153. The summed E-state index contributed by atoms with van der Waals surface area (Å²) in [5.41, 5.74) is 1.07. The highest BCUT2D eigenvalue weighted by molar-refractivity contribution is 5.86. The molecule has 2 aliphatic heterocycles. The third-order valence-corrected chi connectivity index (χ3v) is 6.25. The van der Waals surface area contributed by atoms with E-state index in [1.54, 1.807) is 11.8 Å². The van der Waals surface area contributed by atoms with E-state index in [0.29, 0.717) is 25.8 Å². The van der Waals surface area contributed by atoms with Crippen molar-refractivity contribution in [3.05, 3.63) is 48.0 Å². The first kappa shape index (κ1) is 24.0. The SMILES string of the molecule is C[C@H]1CNC(=O)[C@@H](CC(=O)N2CCC[C@H]2CO)CC=CC[C@H](Cc2ccccc2)C(=O)O1. The van der Waals surface area contributed by atoms with Crippen LogP contribution in [0.15, 0.2) is 42.5 Å². The minimum absolute atomic E-state index is 0.0474. The first-order valence-electron chi connectivity index (χ1n) is 11.6. The number of nitrogens with zero attached hydrogens (tertiary/aromatic N) is 1. The fraction of sp³-hybridized carbons (Fsp3) is 0.560. The lowest BCUT2D eigenvalue weighted by atomic mass is 9.94. The lowest BCUT2D eigenvalue weighted by Crippen LogP contribution is -2.42. The maximum Gasteiger partial charge on any atom is 0.309 e. The average molecular weight is 443 g/mol. The summed E-state index contributed by atoms with van der Waals surface area (Å²) >= 11 is 0. The van der Waals surface area contributed by atoms with Crippen molar-refractivity contribution in [3.8, 4) is 0 Å². The number of aliphatic hydroxyl groups excluding tert-OH is 1. The summed E-state index contributed by atoms with van der Waals surface area (Å²) in [6.45, 7) is 2.55. The van der Waals surface area contributed by atoms with E-state index in [1.165, 1.54) is 0 Å². The van der Waals surface area contributed by atoms with Crippen LogP contribution >= 0.6 is 0 Å². The van der Waals surface area contributed by atoms with Gasteiger partial charge in [0, 0.05) is 13.0 Å². The van der Waals surface area contributed by atoms with Gasteiger partial charge in [0.2, 0.25) is 11.8 Å². The Hall–Kier alpha value is -2.67. The number of carbonyl (C=O) groups excluding carboxylic acids is 3. The Kier molecular flexibility index (Phi) is 8.85. The maximum absolute atomic E-state index is 12.8. The molecule has 0 aliphatic carbocycles. The van der Waals surface area contributed by atoms with Crippen molar-refractivity contribution < 1.29 is 24.2 Å². The number of aliphatic hydroxyl groups is 1. The number of cyclic esters (lactones) is 1. The Morgan fingerprint density at radius 1 is 1.16 bits per heavy atom. The summed E-state index contributed by atoms with van der Waals surface area (Å²) in [4.78, 5) is 40.0. The van der Waals surface area contributed by atoms with Crippen LogP contribution in [0.5, 0.6) is 0 Å². The zero-order valence-electron chi connectivity index (χ0n) is 18.7. The van der Waals surface area contributed by atoms with Gasteiger partial charge in [-0.1, -0.05) is 42.5 Å². The summed E-state index contributed by atoms with van der Waals surface area (Å²) in [6, 6.07) is 9.69. The molecule has 0 radical (unpaired) electrons. The topological polar surface area (TPSA) is 95.9 Å². The van der Waals surface area contributed by atoms with Crippen LogP contribution in [0.1, 0.15) is 44.6 Å². The fourth-order valence-corrected chi connectivity index (χ4v) is 4.37. The highest BCUT2D eigenvalue weighted by atomic mass is 16.5. The molecule has 0 spiro atoms. The van der Waals surface area contributed by atoms with E-state index < -0.39 is 12.0 Å². The molecule has 1 aromatic rings. The standard InChI is InChI=1S/C25H34N2O5/c1-18-16-26-24(30)20(15-23(29)27-13-7-12-22(27)17-28)10-5-6-11-21(25(31)32-18)14-19-8-3-2-4-9-19/h2-6,8-9,18,20-22,28H,7,10-17H2,1H3,(H,26,30)/t18-,20+,21+,22-/m0/s1. The molecule has 7 heteroatoms. The maximum atomic E-state index is 12.8. The minimum atomic E-state index is -0.492. The van der Waals surface area contributed by atoms with Gasteiger partial charge in [-0.3, -0.25) is 14.4 Å². The van der Waals surface area contributed by atoms with Gasteiger partial charge >= 0.3 is 5.97 Å². The first-order valence-corrected chi connectivity index (χ1v) is 11.6. The molecule has 1 fully saturated rings.